The summed E-state index contributed by atoms with van der Waals surface area (Å²) in [5, 5.41) is 13.7. The number of para-hydroxylation sites is 1. The molecule has 0 aromatic heterocycles. The summed E-state index contributed by atoms with van der Waals surface area (Å²) in [5.74, 6) is -0.0897. The number of carbonyl (C=O) groups excluding carboxylic acids is 1. The summed E-state index contributed by atoms with van der Waals surface area (Å²) < 4.78 is 0. The Morgan fingerprint density at radius 2 is 1.69 bits per heavy atom. The van der Waals surface area contributed by atoms with Crippen molar-refractivity contribution in [1.82, 2.24) is 0 Å². The molecule has 3 aromatic rings. The summed E-state index contributed by atoms with van der Waals surface area (Å²) in [4.78, 5) is 12.9. The van der Waals surface area contributed by atoms with Gasteiger partial charge in [0, 0.05) is 22.5 Å². The van der Waals surface area contributed by atoms with Crippen LogP contribution in [0.4, 0.5) is 11.4 Å². The third-order valence-electron chi connectivity index (χ3n) is 4.51. The second-order valence-corrected chi connectivity index (χ2v) is 7.95. The zero-order chi connectivity index (χ0) is 21.0. The maximum absolute atomic E-state index is 12.9. The van der Waals surface area contributed by atoms with Crippen LogP contribution in [0.3, 0.4) is 0 Å². The first-order valence-corrected chi connectivity index (χ1v) is 9.80. The molecule has 0 atom stereocenters. The lowest BCUT2D eigenvalue weighted by Crippen LogP contribution is -2.13. The average molecular weight is 406 g/mol. The van der Waals surface area contributed by atoms with Gasteiger partial charge >= 0.3 is 0 Å². The Kier molecular flexibility index (Phi) is 6.21. The molecule has 0 saturated heterocycles. The molecule has 0 saturated carbocycles. The van der Waals surface area contributed by atoms with E-state index < -0.39 is 5.60 Å². The number of aliphatic hydroxyl groups is 1. The van der Waals surface area contributed by atoms with Crippen LogP contribution in [0.15, 0.2) is 72.8 Å². The van der Waals surface area contributed by atoms with Crippen LogP contribution < -0.4 is 5.32 Å². The van der Waals surface area contributed by atoms with Crippen molar-refractivity contribution >= 4 is 34.8 Å². The molecular formula is C25H24ClNO2. The highest BCUT2D eigenvalue weighted by Gasteiger charge is 2.15. The average Bonchev–Trinajstić information content (AvgIpc) is 2.67. The predicted octanol–water partition coefficient (Wildman–Crippen LogP) is 6.41. The lowest BCUT2D eigenvalue weighted by Gasteiger charge is -2.14. The molecule has 3 rings (SSSR count). The van der Waals surface area contributed by atoms with Crippen LogP contribution in [0.2, 0.25) is 5.02 Å². The van der Waals surface area contributed by atoms with Gasteiger partial charge in [0.2, 0.25) is 0 Å². The SMILES string of the molecule is Cc1ccccc1C(=O)c1ccc(Nc2ccccc2/C=C/C(C)(C)O)cc1Cl. The van der Waals surface area contributed by atoms with Gasteiger partial charge in [-0.15, -0.1) is 0 Å². The van der Waals surface area contributed by atoms with Crippen molar-refractivity contribution in [3.8, 4) is 0 Å². The van der Waals surface area contributed by atoms with Gasteiger partial charge in [-0.25, -0.2) is 0 Å². The zero-order valence-corrected chi connectivity index (χ0v) is 17.5. The van der Waals surface area contributed by atoms with Crippen LogP contribution in [0.5, 0.6) is 0 Å². The van der Waals surface area contributed by atoms with Gasteiger partial charge in [-0.2, -0.15) is 0 Å². The van der Waals surface area contributed by atoms with Crippen molar-refractivity contribution in [2.24, 2.45) is 0 Å². The number of nitrogens with one attached hydrogen (secondary N) is 1. The molecule has 0 unspecified atom stereocenters. The van der Waals surface area contributed by atoms with Gasteiger partial charge in [0.1, 0.15) is 0 Å². The maximum atomic E-state index is 12.9. The Morgan fingerprint density at radius 3 is 2.38 bits per heavy atom. The molecule has 29 heavy (non-hydrogen) atoms. The molecule has 3 aromatic carbocycles. The van der Waals surface area contributed by atoms with Gasteiger partial charge in [-0.3, -0.25) is 4.79 Å². The standard InChI is InChI=1S/C25H24ClNO2/c1-17-8-4-6-10-20(17)24(28)21-13-12-19(16-22(21)26)27-23-11-7-5-9-18(23)14-15-25(2,3)29/h4-16,27,29H,1-3H3/b15-14+. The van der Waals surface area contributed by atoms with Crippen LogP contribution in [-0.2, 0) is 0 Å². The van der Waals surface area contributed by atoms with Crippen LogP contribution in [0.25, 0.3) is 6.08 Å². The van der Waals surface area contributed by atoms with E-state index in [1.807, 2.05) is 67.6 Å². The van der Waals surface area contributed by atoms with Gasteiger partial charge in [-0.05, 0) is 56.2 Å². The third kappa shape index (κ3) is 5.35. The largest absolute Gasteiger partial charge is 0.386 e. The molecule has 4 heteroatoms. The number of benzene rings is 3. The van der Waals surface area contributed by atoms with E-state index in [1.165, 1.54) is 0 Å². The number of rotatable bonds is 6. The minimum absolute atomic E-state index is 0.0897. The fraction of sp³-hybridized carbons (Fsp3) is 0.160. The molecule has 0 aliphatic rings. The highest BCUT2D eigenvalue weighted by Crippen LogP contribution is 2.28. The lowest BCUT2D eigenvalue weighted by molar-refractivity contribution is 0.103. The number of aryl methyl sites for hydroxylation is 1. The summed E-state index contributed by atoms with van der Waals surface area (Å²) in [7, 11) is 0. The first-order valence-electron chi connectivity index (χ1n) is 9.42. The van der Waals surface area contributed by atoms with Crippen molar-refractivity contribution in [1.29, 1.82) is 0 Å². The zero-order valence-electron chi connectivity index (χ0n) is 16.7. The van der Waals surface area contributed by atoms with Crippen molar-refractivity contribution < 1.29 is 9.90 Å². The third-order valence-corrected chi connectivity index (χ3v) is 4.83. The molecule has 0 heterocycles. The molecule has 2 N–H and O–H groups in total. The summed E-state index contributed by atoms with van der Waals surface area (Å²) >= 11 is 6.45. The van der Waals surface area contributed by atoms with E-state index in [4.69, 9.17) is 11.6 Å². The first-order chi connectivity index (χ1) is 13.7. The minimum Gasteiger partial charge on any atom is -0.386 e. The van der Waals surface area contributed by atoms with E-state index in [1.54, 1.807) is 32.1 Å². The first kappa shape index (κ1) is 20.8. The fourth-order valence-electron chi connectivity index (χ4n) is 2.96. The lowest BCUT2D eigenvalue weighted by atomic mass is 9.99. The van der Waals surface area contributed by atoms with Gasteiger partial charge in [0.15, 0.2) is 5.78 Å². The Bertz CT molecular complexity index is 1060. The highest BCUT2D eigenvalue weighted by atomic mass is 35.5. The van der Waals surface area contributed by atoms with E-state index in [9.17, 15) is 9.90 Å². The maximum Gasteiger partial charge on any atom is 0.194 e. The van der Waals surface area contributed by atoms with Gasteiger partial charge in [0.25, 0.3) is 0 Å². The molecular weight excluding hydrogens is 382 g/mol. The Labute approximate surface area is 176 Å². The van der Waals surface area contributed by atoms with Crippen LogP contribution in [0.1, 0.15) is 40.9 Å². The Hall–Kier alpha value is -2.88. The van der Waals surface area contributed by atoms with E-state index in [0.29, 0.717) is 16.1 Å². The molecule has 0 aliphatic heterocycles. The number of hydrogen-bond donors (Lipinski definition) is 2. The van der Waals surface area contributed by atoms with Crippen molar-refractivity contribution in [3.63, 3.8) is 0 Å². The van der Waals surface area contributed by atoms with E-state index in [2.05, 4.69) is 5.32 Å². The van der Waals surface area contributed by atoms with E-state index in [0.717, 1.165) is 22.5 Å². The Morgan fingerprint density at radius 1 is 1.00 bits per heavy atom. The van der Waals surface area contributed by atoms with Crippen molar-refractivity contribution in [2.45, 2.75) is 26.4 Å². The monoisotopic (exact) mass is 405 g/mol. The smallest absolute Gasteiger partial charge is 0.194 e. The summed E-state index contributed by atoms with van der Waals surface area (Å²) in [6, 6.07) is 20.6. The molecule has 0 bridgehead atoms. The van der Waals surface area contributed by atoms with Crippen LogP contribution in [-0.4, -0.2) is 16.5 Å². The van der Waals surface area contributed by atoms with Gasteiger partial charge in [-0.1, -0.05) is 66.2 Å². The number of carbonyl (C=O) groups is 1. The van der Waals surface area contributed by atoms with E-state index >= 15 is 0 Å². The molecule has 148 valence electrons. The van der Waals surface area contributed by atoms with Gasteiger partial charge in [0.05, 0.1) is 10.6 Å². The van der Waals surface area contributed by atoms with Crippen molar-refractivity contribution in [2.75, 3.05) is 5.32 Å². The molecule has 0 amide bonds. The second kappa shape index (κ2) is 8.64. The predicted molar refractivity (Wildman–Crippen MR) is 121 cm³/mol. The number of halogens is 1. The van der Waals surface area contributed by atoms with Crippen LogP contribution in [0, 0.1) is 6.92 Å². The van der Waals surface area contributed by atoms with Gasteiger partial charge < -0.3 is 10.4 Å². The highest BCUT2D eigenvalue weighted by molar-refractivity contribution is 6.35. The van der Waals surface area contributed by atoms with Crippen LogP contribution >= 0.6 is 11.6 Å². The summed E-state index contributed by atoms with van der Waals surface area (Å²) in [5.41, 5.74) is 3.74. The summed E-state index contributed by atoms with van der Waals surface area (Å²) in [6.45, 7) is 5.36. The molecule has 0 fully saturated rings. The van der Waals surface area contributed by atoms with E-state index in [-0.39, 0.29) is 5.78 Å². The fourth-order valence-corrected chi connectivity index (χ4v) is 3.22. The minimum atomic E-state index is -0.895. The second-order valence-electron chi connectivity index (χ2n) is 7.54. The number of hydrogen-bond acceptors (Lipinski definition) is 3. The van der Waals surface area contributed by atoms with Crippen molar-refractivity contribution in [3.05, 3.63) is 100 Å². The molecule has 0 aliphatic carbocycles. The topological polar surface area (TPSA) is 49.3 Å². The summed E-state index contributed by atoms with van der Waals surface area (Å²) in [6.07, 6.45) is 3.62. The Balaban J connectivity index is 1.86. The molecule has 0 spiro atoms. The molecule has 0 radical (unpaired) electrons. The number of anilines is 2. The molecule has 3 nitrogen and oxygen atoms in total. The number of ketones is 1. The normalized spacial score (nSPS) is 11.6. The quantitative estimate of drug-likeness (QED) is 0.466.